The van der Waals surface area contributed by atoms with Gasteiger partial charge in [0.1, 0.15) is 5.82 Å². The van der Waals surface area contributed by atoms with E-state index >= 15 is 0 Å². The molecule has 0 aliphatic heterocycles. The minimum absolute atomic E-state index is 0.150. The smallest absolute Gasteiger partial charge is 0.142 e. The van der Waals surface area contributed by atoms with Gasteiger partial charge in [-0.25, -0.2) is 4.39 Å². The lowest BCUT2D eigenvalue weighted by molar-refractivity contribution is 0.145. The van der Waals surface area contributed by atoms with Gasteiger partial charge in [0, 0.05) is 33.2 Å². The van der Waals surface area contributed by atoms with E-state index in [4.69, 9.17) is 21.6 Å². The molecule has 0 aromatic heterocycles. The van der Waals surface area contributed by atoms with E-state index in [1.54, 1.807) is 19.2 Å². The molecule has 18 heavy (non-hydrogen) atoms. The van der Waals surface area contributed by atoms with Gasteiger partial charge in [-0.2, -0.15) is 5.26 Å². The first kappa shape index (κ1) is 14.9. The molecule has 0 aliphatic rings. The zero-order valence-corrected chi connectivity index (χ0v) is 11.1. The molecule has 1 rings (SSSR count). The third-order valence-corrected chi connectivity index (χ3v) is 3.00. The van der Waals surface area contributed by atoms with Crippen molar-refractivity contribution in [1.82, 2.24) is 4.90 Å². The van der Waals surface area contributed by atoms with E-state index in [2.05, 4.69) is 6.07 Å². The van der Waals surface area contributed by atoms with Gasteiger partial charge in [-0.3, -0.25) is 4.90 Å². The van der Waals surface area contributed by atoms with Crippen LogP contribution in [-0.2, 0) is 11.3 Å². The summed E-state index contributed by atoms with van der Waals surface area (Å²) in [6.07, 6.45) is 0.427. The first-order chi connectivity index (χ1) is 8.69. The van der Waals surface area contributed by atoms with E-state index in [1.165, 1.54) is 6.07 Å². The molecule has 0 saturated heterocycles. The highest BCUT2D eigenvalue weighted by Gasteiger charge is 2.10. The Morgan fingerprint density at radius 2 is 2.22 bits per heavy atom. The molecule has 0 N–H and O–H groups in total. The molecule has 0 fully saturated rings. The summed E-state index contributed by atoms with van der Waals surface area (Å²) >= 11 is 5.91. The first-order valence-corrected chi connectivity index (χ1v) is 6.08. The molecule has 0 radical (unpaired) electrons. The Morgan fingerprint density at radius 1 is 1.44 bits per heavy atom. The zero-order chi connectivity index (χ0) is 13.4. The summed E-state index contributed by atoms with van der Waals surface area (Å²) in [7, 11) is 1.62. The van der Waals surface area contributed by atoms with Gasteiger partial charge >= 0.3 is 0 Å². The van der Waals surface area contributed by atoms with Gasteiger partial charge in [0.05, 0.1) is 17.7 Å². The van der Waals surface area contributed by atoms with Gasteiger partial charge in [0.15, 0.2) is 0 Å². The predicted octanol–water partition coefficient (Wildman–Crippen LogP) is 2.84. The maximum atomic E-state index is 13.3. The predicted molar refractivity (Wildman–Crippen MR) is 68.8 cm³/mol. The number of nitriles is 1. The molecule has 0 amide bonds. The van der Waals surface area contributed by atoms with Crippen molar-refractivity contribution in [3.8, 4) is 6.07 Å². The summed E-state index contributed by atoms with van der Waals surface area (Å²) in [4.78, 5) is 2.02. The van der Waals surface area contributed by atoms with Crippen LogP contribution < -0.4 is 0 Å². The van der Waals surface area contributed by atoms with E-state index in [0.29, 0.717) is 32.7 Å². The average molecular weight is 271 g/mol. The highest BCUT2D eigenvalue weighted by Crippen LogP contribution is 2.21. The Labute approximate surface area is 112 Å². The van der Waals surface area contributed by atoms with Crippen LogP contribution >= 0.6 is 11.6 Å². The van der Waals surface area contributed by atoms with Crippen LogP contribution in [0.2, 0.25) is 5.02 Å². The zero-order valence-electron chi connectivity index (χ0n) is 10.3. The lowest BCUT2D eigenvalue weighted by Gasteiger charge is -2.21. The monoisotopic (exact) mass is 270 g/mol. The fourth-order valence-electron chi connectivity index (χ4n) is 1.61. The Morgan fingerprint density at radius 3 is 2.89 bits per heavy atom. The van der Waals surface area contributed by atoms with Gasteiger partial charge in [-0.05, 0) is 11.6 Å². The lowest BCUT2D eigenvalue weighted by atomic mass is 10.2. The molecule has 5 heteroatoms. The molecule has 0 bridgehead atoms. The van der Waals surface area contributed by atoms with E-state index < -0.39 is 5.82 Å². The van der Waals surface area contributed by atoms with Crippen LogP contribution in [0.5, 0.6) is 0 Å². The van der Waals surface area contributed by atoms with Crippen LogP contribution in [0, 0.1) is 17.1 Å². The molecule has 0 atom stereocenters. The van der Waals surface area contributed by atoms with Crippen molar-refractivity contribution in [1.29, 1.82) is 5.26 Å². The second-order valence-corrected chi connectivity index (χ2v) is 4.27. The number of halogens is 2. The van der Waals surface area contributed by atoms with Crippen molar-refractivity contribution in [2.24, 2.45) is 0 Å². The molecular weight excluding hydrogens is 255 g/mol. The van der Waals surface area contributed by atoms with Crippen molar-refractivity contribution >= 4 is 11.6 Å². The number of rotatable bonds is 7. The van der Waals surface area contributed by atoms with E-state index in [9.17, 15) is 4.39 Å². The summed E-state index contributed by atoms with van der Waals surface area (Å²) in [6, 6.07) is 6.85. The van der Waals surface area contributed by atoms with E-state index in [0.717, 1.165) is 5.56 Å². The summed E-state index contributed by atoms with van der Waals surface area (Å²) < 4.78 is 18.3. The molecule has 0 aliphatic carbocycles. The molecule has 1 aromatic carbocycles. The first-order valence-electron chi connectivity index (χ1n) is 5.70. The van der Waals surface area contributed by atoms with Gasteiger partial charge in [0.25, 0.3) is 0 Å². The second-order valence-electron chi connectivity index (χ2n) is 3.89. The normalized spacial score (nSPS) is 10.6. The maximum absolute atomic E-state index is 13.3. The van der Waals surface area contributed by atoms with Gasteiger partial charge < -0.3 is 4.74 Å². The molecule has 0 unspecified atom stereocenters. The molecule has 0 saturated carbocycles. The highest BCUT2D eigenvalue weighted by atomic mass is 35.5. The fraction of sp³-hybridized carbons (Fsp3) is 0.462. The van der Waals surface area contributed by atoms with Crippen LogP contribution in [0.1, 0.15) is 12.0 Å². The van der Waals surface area contributed by atoms with Crippen LogP contribution in [0.25, 0.3) is 0 Å². The van der Waals surface area contributed by atoms with Crippen LogP contribution in [0.3, 0.4) is 0 Å². The number of benzene rings is 1. The summed E-state index contributed by atoms with van der Waals surface area (Å²) in [5.74, 6) is -0.416. The van der Waals surface area contributed by atoms with Crippen molar-refractivity contribution in [2.75, 3.05) is 26.8 Å². The third-order valence-electron chi connectivity index (χ3n) is 2.58. The number of ether oxygens (including phenoxy) is 1. The Balaban J connectivity index is 2.69. The quantitative estimate of drug-likeness (QED) is 0.764. The highest BCUT2D eigenvalue weighted by molar-refractivity contribution is 6.31. The Bertz CT molecular complexity index is 420. The number of hydrogen-bond acceptors (Lipinski definition) is 3. The van der Waals surface area contributed by atoms with Crippen molar-refractivity contribution in [2.45, 2.75) is 13.0 Å². The maximum Gasteiger partial charge on any atom is 0.142 e. The topological polar surface area (TPSA) is 36.3 Å². The number of nitrogens with zero attached hydrogens (tertiary/aromatic N) is 2. The Kier molecular flexibility index (Phi) is 6.66. The average Bonchev–Trinajstić information content (AvgIpc) is 2.38. The number of hydrogen-bond donors (Lipinski definition) is 0. The van der Waals surface area contributed by atoms with Crippen LogP contribution in [0.4, 0.5) is 4.39 Å². The van der Waals surface area contributed by atoms with E-state index in [1.807, 2.05) is 4.90 Å². The molecule has 1 aromatic rings. The number of methoxy groups -OCH3 is 1. The molecule has 3 nitrogen and oxygen atoms in total. The second kappa shape index (κ2) is 8.04. The lowest BCUT2D eigenvalue weighted by Crippen LogP contribution is -2.28. The SMILES string of the molecule is COCCN(CCC#N)Cc1cccc(F)c1Cl. The van der Waals surface area contributed by atoms with Crippen molar-refractivity contribution in [3.05, 3.63) is 34.6 Å². The standard InChI is InChI=1S/C13H16ClFN2O/c1-18-9-8-17(7-3-6-16)10-11-4-2-5-12(15)13(11)14/h2,4-5H,3,7-10H2,1H3. The summed E-state index contributed by atoms with van der Waals surface area (Å²) in [5.41, 5.74) is 0.728. The van der Waals surface area contributed by atoms with Gasteiger partial charge in [-0.15, -0.1) is 0 Å². The van der Waals surface area contributed by atoms with Gasteiger partial charge in [0.2, 0.25) is 0 Å². The largest absolute Gasteiger partial charge is 0.383 e. The van der Waals surface area contributed by atoms with Crippen molar-refractivity contribution in [3.63, 3.8) is 0 Å². The minimum atomic E-state index is -0.416. The van der Waals surface area contributed by atoms with Gasteiger partial charge in [-0.1, -0.05) is 23.7 Å². The fourth-order valence-corrected chi connectivity index (χ4v) is 1.80. The minimum Gasteiger partial charge on any atom is -0.383 e. The summed E-state index contributed by atoms with van der Waals surface area (Å²) in [5, 5.41) is 8.76. The molecule has 0 heterocycles. The molecular formula is C13H16ClFN2O. The Hall–Kier alpha value is -1.15. The molecule has 98 valence electrons. The van der Waals surface area contributed by atoms with Crippen LogP contribution in [0.15, 0.2) is 18.2 Å². The summed E-state index contributed by atoms with van der Waals surface area (Å²) in [6.45, 7) is 2.39. The van der Waals surface area contributed by atoms with E-state index in [-0.39, 0.29) is 5.02 Å². The van der Waals surface area contributed by atoms with Crippen molar-refractivity contribution < 1.29 is 9.13 Å². The molecule has 0 spiro atoms. The third kappa shape index (κ3) is 4.61. The van der Waals surface area contributed by atoms with Crippen LogP contribution in [-0.4, -0.2) is 31.7 Å².